The number of hydrogen-bond donors (Lipinski definition) is 1. The van der Waals surface area contributed by atoms with Crippen molar-refractivity contribution in [2.45, 2.75) is 57.7 Å². The lowest BCUT2D eigenvalue weighted by atomic mass is 10.0. The van der Waals surface area contributed by atoms with Crippen LogP contribution in [0.3, 0.4) is 0 Å². The topological polar surface area (TPSA) is 96.0 Å². The van der Waals surface area contributed by atoms with E-state index in [9.17, 15) is 18.0 Å². The molecule has 1 N–H and O–H groups in total. The van der Waals surface area contributed by atoms with Gasteiger partial charge in [-0.1, -0.05) is 79.0 Å². The summed E-state index contributed by atoms with van der Waals surface area (Å²) in [7, 11) is -3.90. The molecule has 1 fully saturated rings. The summed E-state index contributed by atoms with van der Waals surface area (Å²) in [6.07, 6.45) is 5.21. The van der Waals surface area contributed by atoms with Crippen LogP contribution in [0.1, 0.15) is 43.7 Å². The van der Waals surface area contributed by atoms with Crippen molar-refractivity contribution in [2.24, 2.45) is 0 Å². The molecule has 0 unspecified atom stereocenters. The summed E-state index contributed by atoms with van der Waals surface area (Å²) >= 11 is 6.12. The molecule has 10 heteroatoms. The van der Waals surface area contributed by atoms with Crippen molar-refractivity contribution in [3.8, 4) is 5.75 Å². The molecule has 0 heterocycles. The van der Waals surface area contributed by atoms with Crippen LogP contribution in [-0.2, 0) is 32.6 Å². The fraction of sp³-hybridized carbons (Fsp3) is 0.375. The molecule has 0 spiro atoms. The van der Waals surface area contributed by atoms with Crippen molar-refractivity contribution >= 4 is 39.1 Å². The Morgan fingerprint density at radius 1 is 0.952 bits per heavy atom. The van der Waals surface area contributed by atoms with Crippen LogP contribution in [0.15, 0.2) is 78.9 Å². The number of amides is 2. The molecule has 4 rings (SSSR count). The monoisotopic (exact) mass is 611 g/mol. The number of sulfonamides is 1. The van der Waals surface area contributed by atoms with E-state index in [2.05, 4.69) is 5.32 Å². The fourth-order valence-corrected chi connectivity index (χ4v) is 6.22. The first kappa shape index (κ1) is 31.4. The van der Waals surface area contributed by atoms with Gasteiger partial charge in [0.25, 0.3) is 0 Å². The molecule has 1 aliphatic rings. The summed E-state index contributed by atoms with van der Waals surface area (Å²) < 4.78 is 32.9. The lowest BCUT2D eigenvalue weighted by molar-refractivity contribution is -0.140. The highest BCUT2D eigenvalue weighted by Crippen LogP contribution is 2.30. The maximum atomic E-state index is 14.3. The van der Waals surface area contributed by atoms with Crippen molar-refractivity contribution in [2.75, 3.05) is 23.7 Å². The third-order valence-electron chi connectivity index (χ3n) is 7.35. The molecular formula is C32H38ClN3O5S. The van der Waals surface area contributed by atoms with Gasteiger partial charge in [-0.3, -0.25) is 13.9 Å². The molecule has 8 nitrogen and oxygen atoms in total. The van der Waals surface area contributed by atoms with Gasteiger partial charge >= 0.3 is 0 Å². The molecule has 0 saturated heterocycles. The molecule has 224 valence electrons. The number of rotatable bonds is 13. The predicted molar refractivity (Wildman–Crippen MR) is 166 cm³/mol. The van der Waals surface area contributed by atoms with Crippen LogP contribution < -0.4 is 14.4 Å². The number of carbonyl (C=O) groups is 2. The largest absolute Gasteiger partial charge is 0.492 e. The number of hydrogen-bond acceptors (Lipinski definition) is 5. The second-order valence-corrected chi connectivity index (χ2v) is 12.9. The van der Waals surface area contributed by atoms with E-state index in [1.807, 2.05) is 30.3 Å². The third-order valence-corrected chi connectivity index (χ3v) is 8.73. The number of halogens is 1. The second kappa shape index (κ2) is 14.6. The first-order valence-electron chi connectivity index (χ1n) is 14.2. The zero-order chi connectivity index (χ0) is 30.1. The Morgan fingerprint density at radius 3 is 2.24 bits per heavy atom. The van der Waals surface area contributed by atoms with Crippen molar-refractivity contribution in [3.05, 3.63) is 95.0 Å². The Labute approximate surface area is 253 Å². The van der Waals surface area contributed by atoms with Gasteiger partial charge in [-0.15, -0.1) is 0 Å². The van der Waals surface area contributed by atoms with Gasteiger partial charge in [-0.05, 0) is 55.2 Å². The first-order valence-corrected chi connectivity index (χ1v) is 16.5. The maximum Gasteiger partial charge on any atom is 0.244 e. The number of nitrogens with one attached hydrogen (secondary N) is 1. The number of benzene rings is 3. The fourth-order valence-electron chi connectivity index (χ4n) is 5.24. The van der Waals surface area contributed by atoms with Crippen LogP contribution in [0.2, 0.25) is 5.02 Å². The zero-order valence-electron chi connectivity index (χ0n) is 24.0. The number of para-hydroxylation sites is 2. The van der Waals surface area contributed by atoms with E-state index < -0.39 is 28.5 Å². The van der Waals surface area contributed by atoms with Gasteiger partial charge in [-0.2, -0.15) is 0 Å². The molecule has 1 saturated carbocycles. The van der Waals surface area contributed by atoms with E-state index >= 15 is 0 Å². The molecule has 0 aliphatic heterocycles. The molecule has 3 aromatic rings. The Hall–Kier alpha value is -3.56. The molecule has 3 aromatic carbocycles. The number of ether oxygens (including phenoxy) is 1. The normalized spacial score (nSPS) is 14.3. The third kappa shape index (κ3) is 8.49. The van der Waals surface area contributed by atoms with E-state index in [0.29, 0.717) is 17.4 Å². The predicted octanol–water partition coefficient (Wildman–Crippen LogP) is 5.20. The lowest BCUT2D eigenvalue weighted by Crippen LogP contribution is -2.54. The van der Waals surface area contributed by atoms with Crippen LogP contribution in [0.25, 0.3) is 0 Å². The van der Waals surface area contributed by atoms with Crippen molar-refractivity contribution in [3.63, 3.8) is 0 Å². The van der Waals surface area contributed by atoms with Crippen LogP contribution in [-0.4, -0.2) is 56.6 Å². The molecule has 1 aliphatic carbocycles. The average Bonchev–Trinajstić information content (AvgIpc) is 3.48. The Kier molecular flexibility index (Phi) is 10.9. The molecule has 0 aromatic heterocycles. The highest BCUT2D eigenvalue weighted by atomic mass is 35.5. The molecule has 1 atom stereocenters. The van der Waals surface area contributed by atoms with E-state index in [1.54, 1.807) is 55.5 Å². The van der Waals surface area contributed by atoms with Crippen LogP contribution in [0, 0.1) is 0 Å². The van der Waals surface area contributed by atoms with Crippen LogP contribution >= 0.6 is 11.6 Å². The molecule has 42 heavy (non-hydrogen) atoms. The average molecular weight is 612 g/mol. The van der Waals surface area contributed by atoms with Gasteiger partial charge in [0, 0.05) is 24.0 Å². The SMILES string of the molecule is CCOc1ccccc1N(CC(=O)N(Cc1ccc(Cl)cc1)[C@H](Cc1ccccc1)C(=O)NC1CCCC1)S(C)(=O)=O. The van der Waals surface area contributed by atoms with E-state index in [4.69, 9.17) is 16.3 Å². The second-order valence-electron chi connectivity index (χ2n) is 10.5. The Balaban J connectivity index is 1.73. The first-order chi connectivity index (χ1) is 20.2. The summed E-state index contributed by atoms with van der Waals surface area (Å²) in [6, 6.07) is 22.5. The van der Waals surface area contributed by atoms with Gasteiger partial charge in [0.15, 0.2) is 0 Å². The summed E-state index contributed by atoms with van der Waals surface area (Å²) in [5, 5.41) is 3.71. The lowest BCUT2D eigenvalue weighted by Gasteiger charge is -2.34. The van der Waals surface area contributed by atoms with Gasteiger partial charge in [0.1, 0.15) is 18.3 Å². The van der Waals surface area contributed by atoms with Gasteiger partial charge in [0.2, 0.25) is 21.8 Å². The van der Waals surface area contributed by atoms with Crippen LogP contribution in [0.4, 0.5) is 5.69 Å². The summed E-state index contributed by atoms with van der Waals surface area (Å²) in [5.74, 6) is -0.417. The van der Waals surface area contributed by atoms with Crippen molar-refractivity contribution in [1.82, 2.24) is 10.2 Å². The van der Waals surface area contributed by atoms with Gasteiger partial charge in [-0.25, -0.2) is 8.42 Å². The highest BCUT2D eigenvalue weighted by Gasteiger charge is 2.34. The van der Waals surface area contributed by atoms with Crippen molar-refractivity contribution in [1.29, 1.82) is 0 Å². The molecule has 0 bridgehead atoms. The van der Waals surface area contributed by atoms with Crippen LogP contribution in [0.5, 0.6) is 5.75 Å². The van der Waals surface area contributed by atoms with E-state index in [0.717, 1.165) is 47.4 Å². The van der Waals surface area contributed by atoms with E-state index in [1.165, 1.54) is 4.90 Å². The summed E-state index contributed by atoms with van der Waals surface area (Å²) in [6.45, 7) is 1.72. The standard InChI is InChI=1S/C32H38ClN3O5S/c1-3-41-30-16-10-9-15-28(30)36(42(2,39)40)23-31(37)35(22-25-17-19-26(33)20-18-25)29(21-24-11-5-4-6-12-24)32(38)34-27-13-7-8-14-27/h4-6,9-12,15-20,27,29H,3,7-8,13-14,21-23H2,1-2H3,(H,34,38)/t29-/m1/s1. The van der Waals surface area contributed by atoms with Gasteiger partial charge in [0.05, 0.1) is 18.6 Å². The number of carbonyl (C=O) groups excluding carboxylic acids is 2. The summed E-state index contributed by atoms with van der Waals surface area (Å²) in [4.78, 5) is 29.7. The maximum absolute atomic E-state index is 14.3. The number of nitrogens with zero attached hydrogens (tertiary/aromatic N) is 2. The van der Waals surface area contributed by atoms with E-state index in [-0.39, 0.29) is 30.6 Å². The van der Waals surface area contributed by atoms with Crippen molar-refractivity contribution < 1.29 is 22.7 Å². The zero-order valence-corrected chi connectivity index (χ0v) is 25.6. The number of anilines is 1. The molecular weight excluding hydrogens is 574 g/mol. The minimum atomic E-state index is -3.90. The smallest absolute Gasteiger partial charge is 0.244 e. The molecule has 2 amide bonds. The summed E-state index contributed by atoms with van der Waals surface area (Å²) in [5.41, 5.74) is 1.91. The quantitative estimate of drug-likeness (QED) is 0.286. The van der Waals surface area contributed by atoms with Gasteiger partial charge < -0.3 is 15.0 Å². The highest BCUT2D eigenvalue weighted by molar-refractivity contribution is 7.92. The Bertz CT molecular complexity index is 1440. The molecule has 0 radical (unpaired) electrons. The minimum absolute atomic E-state index is 0.0499. The minimum Gasteiger partial charge on any atom is -0.492 e. The Morgan fingerprint density at radius 2 is 1.60 bits per heavy atom.